The third-order valence-corrected chi connectivity index (χ3v) is 3.66. The van der Waals surface area contributed by atoms with E-state index < -0.39 is 5.97 Å². The van der Waals surface area contributed by atoms with E-state index in [4.69, 9.17) is 9.84 Å². The molecule has 5 heteroatoms. The molecule has 0 saturated heterocycles. The maximum atomic E-state index is 12.3. The highest BCUT2D eigenvalue weighted by Gasteiger charge is 2.29. The normalized spacial score (nSPS) is 15.7. The van der Waals surface area contributed by atoms with E-state index in [2.05, 4.69) is 5.32 Å². The van der Waals surface area contributed by atoms with Crippen molar-refractivity contribution >= 4 is 11.9 Å². The molecule has 0 unspecified atom stereocenters. The van der Waals surface area contributed by atoms with Gasteiger partial charge in [-0.25, -0.2) is 4.79 Å². The van der Waals surface area contributed by atoms with Crippen LogP contribution in [-0.4, -0.2) is 23.6 Å². The van der Waals surface area contributed by atoms with Crippen molar-refractivity contribution in [3.8, 4) is 5.75 Å². The van der Waals surface area contributed by atoms with Crippen molar-refractivity contribution in [3.05, 3.63) is 65.2 Å². The SMILES string of the molecule is O=C(O)c1cccc(CNC(=O)[C@@H]2COc3ccccc32)c1. The number of hydrogen-bond donors (Lipinski definition) is 2. The van der Waals surface area contributed by atoms with E-state index in [1.165, 1.54) is 6.07 Å². The zero-order valence-electron chi connectivity index (χ0n) is 11.8. The second-order valence-corrected chi connectivity index (χ2v) is 5.12. The van der Waals surface area contributed by atoms with Crippen LogP contribution in [0.3, 0.4) is 0 Å². The molecule has 1 aliphatic heterocycles. The maximum Gasteiger partial charge on any atom is 0.335 e. The first-order valence-corrected chi connectivity index (χ1v) is 6.97. The summed E-state index contributed by atoms with van der Waals surface area (Å²) in [4.78, 5) is 23.2. The number of aromatic carboxylic acids is 1. The first kappa shape index (κ1) is 14.1. The Bertz CT molecular complexity index is 726. The lowest BCUT2D eigenvalue weighted by Gasteiger charge is -2.10. The molecule has 2 aromatic carbocycles. The molecule has 0 aliphatic carbocycles. The lowest BCUT2D eigenvalue weighted by molar-refractivity contribution is -0.122. The summed E-state index contributed by atoms with van der Waals surface area (Å²) in [6, 6.07) is 14.0. The van der Waals surface area contributed by atoms with Crippen molar-refractivity contribution in [3.63, 3.8) is 0 Å². The fraction of sp³-hybridized carbons (Fsp3) is 0.176. The molecule has 0 radical (unpaired) electrons. The summed E-state index contributed by atoms with van der Waals surface area (Å²) < 4.78 is 5.50. The standard InChI is InChI=1S/C17H15NO4/c19-16(14-10-22-15-7-2-1-6-13(14)15)18-9-11-4-3-5-12(8-11)17(20)21/h1-8,14H,9-10H2,(H,18,19)(H,20,21)/t14-/m1/s1. The Morgan fingerprint density at radius 2 is 2.00 bits per heavy atom. The van der Waals surface area contributed by atoms with Crippen LogP contribution in [0.4, 0.5) is 0 Å². The summed E-state index contributed by atoms with van der Waals surface area (Å²) in [6.45, 7) is 0.624. The lowest BCUT2D eigenvalue weighted by atomic mass is 10.0. The van der Waals surface area contributed by atoms with Gasteiger partial charge in [-0.05, 0) is 23.8 Å². The van der Waals surface area contributed by atoms with Crippen LogP contribution in [0.5, 0.6) is 5.75 Å². The van der Waals surface area contributed by atoms with Gasteiger partial charge >= 0.3 is 5.97 Å². The van der Waals surface area contributed by atoms with Crippen LogP contribution in [0.25, 0.3) is 0 Å². The number of hydrogen-bond acceptors (Lipinski definition) is 3. The average Bonchev–Trinajstić information content (AvgIpc) is 2.97. The smallest absolute Gasteiger partial charge is 0.335 e. The molecule has 1 aliphatic rings. The number of carbonyl (C=O) groups is 2. The van der Waals surface area contributed by atoms with Crippen molar-refractivity contribution < 1.29 is 19.4 Å². The van der Waals surface area contributed by atoms with Crippen LogP contribution in [0, 0.1) is 0 Å². The molecule has 0 fully saturated rings. The second-order valence-electron chi connectivity index (χ2n) is 5.12. The number of benzene rings is 2. The van der Waals surface area contributed by atoms with E-state index in [1.54, 1.807) is 18.2 Å². The fourth-order valence-electron chi connectivity index (χ4n) is 2.51. The van der Waals surface area contributed by atoms with Crippen LogP contribution in [0.15, 0.2) is 48.5 Å². The summed E-state index contributed by atoms with van der Waals surface area (Å²) in [7, 11) is 0. The van der Waals surface area contributed by atoms with Gasteiger partial charge < -0.3 is 15.2 Å². The zero-order chi connectivity index (χ0) is 15.5. The number of para-hydroxylation sites is 1. The number of carbonyl (C=O) groups excluding carboxylic acids is 1. The third kappa shape index (κ3) is 2.79. The largest absolute Gasteiger partial charge is 0.492 e. The van der Waals surface area contributed by atoms with Crippen molar-refractivity contribution in [2.24, 2.45) is 0 Å². The average molecular weight is 297 g/mol. The van der Waals surface area contributed by atoms with Gasteiger partial charge in [0.15, 0.2) is 0 Å². The molecule has 1 heterocycles. The van der Waals surface area contributed by atoms with Gasteiger partial charge in [-0.3, -0.25) is 4.79 Å². The Balaban J connectivity index is 1.66. The van der Waals surface area contributed by atoms with E-state index >= 15 is 0 Å². The summed E-state index contributed by atoms with van der Waals surface area (Å²) in [5, 5.41) is 11.8. The van der Waals surface area contributed by atoms with Gasteiger partial charge in [-0.15, -0.1) is 0 Å². The van der Waals surface area contributed by atoms with Crippen molar-refractivity contribution in [2.75, 3.05) is 6.61 Å². The van der Waals surface area contributed by atoms with Crippen molar-refractivity contribution in [1.82, 2.24) is 5.32 Å². The number of carboxylic acid groups (broad SMARTS) is 1. The molecular formula is C17H15NO4. The molecule has 0 bridgehead atoms. The molecule has 22 heavy (non-hydrogen) atoms. The van der Waals surface area contributed by atoms with E-state index in [9.17, 15) is 9.59 Å². The Morgan fingerprint density at radius 3 is 2.82 bits per heavy atom. The predicted molar refractivity (Wildman–Crippen MR) is 79.9 cm³/mol. The lowest BCUT2D eigenvalue weighted by Crippen LogP contribution is -2.29. The number of amides is 1. The van der Waals surface area contributed by atoms with Gasteiger partial charge in [-0.2, -0.15) is 0 Å². The molecule has 2 aromatic rings. The second kappa shape index (κ2) is 5.89. The number of carboxylic acids is 1. The Labute approximate surface area is 127 Å². The van der Waals surface area contributed by atoms with Crippen LogP contribution < -0.4 is 10.1 Å². The number of ether oxygens (including phenoxy) is 1. The first-order valence-electron chi connectivity index (χ1n) is 6.97. The minimum Gasteiger partial charge on any atom is -0.492 e. The van der Waals surface area contributed by atoms with Crippen LogP contribution in [0.2, 0.25) is 0 Å². The van der Waals surface area contributed by atoms with Gasteiger partial charge in [0, 0.05) is 12.1 Å². The van der Waals surface area contributed by atoms with Gasteiger partial charge in [0.05, 0.1) is 5.56 Å². The summed E-state index contributed by atoms with van der Waals surface area (Å²) >= 11 is 0. The summed E-state index contributed by atoms with van der Waals surface area (Å²) in [5.74, 6) is -0.675. The Morgan fingerprint density at radius 1 is 1.18 bits per heavy atom. The van der Waals surface area contributed by atoms with E-state index in [0.29, 0.717) is 13.2 Å². The number of nitrogens with one attached hydrogen (secondary N) is 1. The van der Waals surface area contributed by atoms with E-state index in [0.717, 1.165) is 16.9 Å². The molecule has 0 aromatic heterocycles. The highest BCUT2D eigenvalue weighted by atomic mass is 16.5. The topological polar surface area (TPSA) is 75.6 Å². The van der Waals surface area contributed by atoms with Gasteiger partial charge in [-0.1, -0.05) is 30.3 Å². The predicted octanol–water partition coefficient (Wildman–Crippen LogP) is 2.18. The van der Waals surface area contributed by atoms with Crippen LogP contribution in [0.1, 0.15) is 27.4 Å². The summed E-state index contributed by atoms with van der Waals surface area (Å²) in [5.41, 5.74) is 1.85. The first-order chi connectivity index (χ1) is 10.6. The van der Waals surface area contributed by atoms with Gasteiger partial charge in [0.1, 0.15) is 18.3 Å². The third-order valence-electron chi connectivity index (χ3n) is 3.66. The molecular weight excluding hydrogens is 282 g/mol. The van der Waals surface area contributed by atoms with Gasteiger partial charge in [0.2, 0.25) is 5.91 Å². The van der Waals surface area contributed by atoms with Crippen molar-refractivity contribution in [2.45, 2.75) is 12.5 Å². The minimum absolute atomic E-state index is 0.120. The minimum atomic E-state index is -0.980. The highest BCUT2D eigenvalue weighted by molar-refractivity contribution is 5.88. The quantitative estimate of drug-likeness (QED) is 0.907. The number of rotatable bonds is 4. The fourth-order valence-corrected chi connectivity index (χ4v) is 2.51. The summed E-state index contributed by atoms with van der Waals surface area (Å²) in [6.07, 6.45) is 0. The zero-order valence-corrected chi connectivity index (χ0v) is 11.8. The molecule has 1 atom stereocenters. The molecule has 5 nitrogen and oxygen atoms in total. The van der Waals surface area contributed by atoms with Crippen LogP contribution in [-0.2, 0) is 11.3 Å². The highest BCUT2D eigenvalue weighted by Crippen LogP contribution is 2.33. The van der Waals surface area contributed by atoms with E-state index in [1.807, 2.05) is 24.3 Å². The van der Waals surface area contributed by atoms with E-state index in [-0.39, 0.29) is 17.4 Å². The molecule has 3 rings (SSSR count). The molecule has 1 amide bonds. The van der Waals surface area contributed by atoms with Crippen molar-refractivity contribution in [1.29, 1.82) is 0 Å². The van der Waals surface area contributed by atoms with Gasteiger partial charge in [0.25, 0.3) is 0 Å². The Kier molecular flexibility index (Phi) is 3.78. The maximum absolute atomic E-state index is 12.3. The monoisotopic (exact) mass is 297 g/mol. The van der Waals surface area contributed by atoms with Crippen LogP contribution >= 0.6 is 0 Å². The number of fused-ring (bicyclic) bond motifs is 1. The molecule has 2 N–H and O–H groups in total. The Hall–Kier alpha value is -2.82. The molecule has 0 saturated carbocycles. The molecule has 112 valence electrons. The molecule has 0 spiro atoms.